The predicted molar refractivity (Wildman–Crippen MR) is 59.8 cm³/mol. The molecule has 0 saturated carbocycles. The Labute approximate surface area is 103 Å². The summed E-state index contributed by atoms with van der Waals surface area (Å²) in [5.41, 5.74) is 0.255. The van der Waals surface area contributed by atoms with E-state index in [-0.39, 0.29) is 5.69 Å². The van der Waals surface area contributed by atoms with Crippen LogP contribution in [0.1, 0.15) is 10.5 Å². The summed E-state index contributed by atoms with van der Waals surface area (Å²) in [7, 11) is 7.32. The second kappa shape index (κ2) is 7.58. The maximum atomic E-state index is 10.8. The van der Waals surface area contributed by atoms with E-state index in [2.05, 4.69) is 14.7 Å². The van der Waals surface area contributed by atoms with Gasteiger partial charge in [0.1, 0.15) is 0 Å². The number of methoxy groups -OCH3 is 1. The van der Waals surface area contributed by atoms with Gasteiger partial charge in [-0.2, -0.15) is 0 Å². The van der Waals surface area contributed by atoms with Crippen LogP contribution in [0.25, 0.3) is 0 Å². The van der Waals surface area contributed by atoms with Crippen molar-refractivity contribution < 1.29 is 9.53 Å². The Hall–Kier alpha value is -0.691. The summed E-state index contributed by atoms with van der Waals surface area (Å²) in [5, 5.41) is 0. The van der Waals surface area contributed by atoms with Crippen LogP contribution in [0.15, 0.2) is 12.4 Å². The van der Waals surface area contributed by atoms with E-state index in [1.165, 1.54) is 13.3 Å². The zero-order chi connectivity index (χ0) is 11.8. The van der Waals surface area contributed by atoms with Crippen LogP contribution in [0, 0.1) is 0 Å². The Morgan fingerprint density at radius 3 is 2.20 bits per heavy atom. The Bertz CT molecular complexity index is 298. The molecule has 0 N–H and O–H groups in total. The normalized spacial score (nSPS) is 9.20. The van der Waals surface area contributed by atoms with Crippen LogP contribution < -0.4 is 3.71 Å². The van der Waals surface area contributed by atoms with Gasteiger partial charge in [0, 0.05) is 0 Å². The molecular formula is C9H15N3O2Sn. The molecule has 1 aromatic heterocycles. The SMILES string of the molecule is CN(C)C.COC(=O)c1cn[c]([SnH])cn1. The molecule has 0 atom stereocenters. The minimum absolute atomic E-state index is 0.255. The molecule has 6 heteroatoms. The molecule has 0 amide bonds. The summed E-state index contributed by atoms with van der Waals surface area (Å²) in [6, 6.07) is 0. The van der Waals surface area contributed by atoms with E-state index in [4.69, 9.17) is 0 Å². The van der Waals surface area contributed by atoms with Crippen molar-refractivity contribution in [1.82, 2.24) is 14.9 Å². The van der Waals surface area contributed by atoms with Crippen LogP contribution >= 0.6 is 0 Å². The number of hydrogen-bond donors (Lipinski definition) is 0. The maximum absolute atomic E-state index is 10.8. The molecule has 1 heterocycles. The van der Waals surface area contributed by atoms with Crippen molar-refractivity contribution in [2.45, 2.75) is 0 Å². The summed E-state index contributed by atoms with van der Waals surface area (Å²) >= 11 is 0.905. The quantitative estimate of drug-likeness (QED) is 0.490. The van der Waals surface area contributed by atoms with Gasteiger partial charge in [-0.1, -0.05) is 0 Å². The standard InChI is InChI=1S/C6H5N2O2.C3H9N.Sn.H/c1-10-6(9)5-4-7-2-3-8-5;1-4(2)3;;/h3-4H,1H3;1-3H3;;. The Balaban J connectivity index is 0.000000423. The molecule has 0 saturated heterocycles. The van der Waals surface area contributed by atoms with Gasteiger partial charge in [0.15, 0.2) is 0 Å². The first-order valence-electron chi connectivity index (χ1n) is 4.24. The van der Waals surface area contributed by atoms with Crippen LogP contribution in [0.4, 0.5) is 0 Å². The van der Waals surface area contributed by atoms with Crippen LogP contribution in [0.5, 0.6) is 0 Å². The molecule has 5 nitrogen and oxygen atoms in total. The van der Waals surface area contributed by atoms with E-state index in [1.807, 2.05) is 26.0 Å². The van der Waals surface area contributed by atoms with Gasteiger partial charge >= 0.3 is 76.9 Å². The van der Waals surface area contributed by atoms with E-state index >= 15 is 0 Å². The Kier molecular flexibility index (Phi) is 7.23. The molecule has 0 bridgehead atoms. The predicted octanol–water partition coefficient (Wildman–Crippen LogP) is -1.03. The van der Waals surface area contributed by atoms with E-state index in [0.717, 1.165) is 26.2 Å². The van der Waals surface area contributed by atoms with Crippen LogP contribution in [-0.2, 0) is 4.74 Å². The monoisotopic (exact) mass is 317 g/mol. The number of carbonyl (C=O) groups is 1. The van der Waals surface area contributed by atoms with Gasteiger partial charge < -0.3 is 4.90 Å². The van der Waals surface area contributed by atoms with Gasteiger partial charge in [-0.15, -0.1) is 0 Å². The third kappa shape index (κ3) is 7.26. The number of carbonyl (C=O) groups excluding carboxylic acids is 1. The van der Waals surface area contributed by atoms with Crippen molar-refractivity contribution in [2.24, 2.45) is 0 Å². The zero-order valence-corrected chi connectivity index (χ0v) is 12.7. The number of hydrogen-bond acceptors (Lipinski definition) is 5. The molecule has 0 aromatic carbocycles. The van der Waals surface area contributed by atoms with E-state index in [9.17, 15) is 4.79 Å². The number of aromatic nitrogens is 2. The van der Waals surface area contributed by atoms with Gasteiger partial charge in [-0.25, -0.2) is 0 Å². The van der Waals surface area contributed by atoms with Gasteiger partial charge in [0.05, 0.1) is 0 Å². The molecule has 0 aliphatic rings. The minimum atomic E-state index is -0.446. The van der Waals surface area contributed by atoms with Crippen LogP contribution in [0.2, 0.25) is 0 Å². The van der Waals surface area contributed by atoms with E-state index < -0.39 is 5.97 Å². The number of nitrogens with zero attached hydrogens (tertiary/aromatic N) is 3. The summed E-state index contributed by atoms with van der Waals surface area (Å²) in [6.45, 7) is 0. The Morgan fingerprint density at radius 2 is 1.87 bits per heavy atom. The average Bonchev–Trinajstić information content (AvgIpc) is 2.17. The summed E-state index contributed by atoms with van der Waals surface area (Å²) < 4.78 is 5.35. The number of ether oxygens (including phenoxy) is 1. The van der Waals surface area contributed by atoms with Crippen molar-refractivity contribution in [1.29, 1.82) is 0 Å². The van der Waals surface area contributed by atoms with Gasteiger partial charge in [0.2, 0.25) is 0 Å². The molecular weight excluding hydrogens is 301 g/mol. The molecule has 1 rings (SSSR count). The van der Waals surface area contributed by atoms with Crippen molar-refractivity contribution in [3.05, 3.63) is 18.1 Å². The molecule has 0 fully saturated rings. The third-order valence-electron chi connectivity index (χ3n) is 1.07. The van der Waals surface area contributed by atoms with Crippen LogP contribution in [0.3, 0.4) is 0 Å². The topological polar surface area (TPSA) is 55.3 Å². The van der Waals surface area contributed by atoms with Gasteiger partial charge in [0.25, 0.3) is 0 Å². The summed E-state index contributed by atoms with van der Waals surface area (Å²) in [4.78, 5) is 20.6. The molecule has 0 spiro atoms. The number of rotatable bonds is 1. The first-order chi connectivity index (χ1) is 6.97. The molecule has 0 unspecified atom stereocenters. The molecule has 2 radical (unpaired) electrons. The van der Waals surface area contributed by atoms with Crippen molar-refractivity contribution in [3.8, 4) is 0 Å². The first kappa shape index (κ1) is 14.3. The second-order valence-corrected chi connectivity index (χ2v) is 4.85. The second-order valence-electron chi connectivity index (χ2n) is 3.16. The van der Waals surface area contributed by atoms with Gasteiger partial charge in [-0.05, 0) is 21.1 Å². The summed E-state index contributed by atoms with van der Waals surface area (Å²) in [6.07, 6.45) is 3.00. The first-order valence-corrected chi connectivity index (χ1v) is 5.89. The number of esters is 1. The fraction of sp³-hybridized carbons (Fsp3) is 0.444. The molecule has 0 aliphatic carbocycles. The Morgan fingerprint density at radius 1 is 1.33 bits per heavy atom. The fourth-order valence-corrected chi connectivity index (χ4v) is 0.973. The molecule has 1 aromatic rings. The zero-order valence-electron chi connectivity index (χ0n) is 9.39. The van der Waals surface area contributed by atoms with Crippen molar-refractivity contribution in [2.75, 3.05) is 28.3 Å². The van der Waals surface area contributed by atoms with Crippen LogP contribution in [-0.4, -0.2) is 71.6 Å². The molecule has 0 aliphatic heterocycles. The van der Waals surface area contributed by atoms with E-state index in [1.54, 1.807) is 6.20 Å². The fourth-order valence-electron chi connectivity index (χ4n) is 0.548. The van der Waals surface area contributed by atoms with Gasteiger partial charge in [-0.3, -0.25) is 0 Å². The van der Waals surface area contributed by atoms with Crippen molar-refractivity contribution >= 4 is 32.2 Å². The van der Waals surface area contributed by atoms with E-state index in [0.29, 0.717) is 0 Å². The third-order valence-corrected chi connectivity index (χ3v) is 1.92. The average molecular weight is 316 g/mol. The molecule has 82 valence electrons. The molecule has 15 heavy (non-hydrogen) atoms. The van der Waals surface area contributed by atoms with Crippen molar-refractivity contribution in [3.63, 3.8) is 0 Å². The summed E-state index contributed by atoms with van der Waals surface area (Å²) in [5.74, 6) is -0.446.